The van der Waals surface area contributed by atoms with Gasteiger partial charge in [-0.2, -0.15) is 0 Å². The van der Waals surface area contributed by atoms with Crippen LogP contribution >= 0.6 is 11.6 Å². The van der Waals surface area contributed by atoms with Crippen LogP contribution in [0.4, 0.5) is 0 Å². The molecule has 5 heteroatoms. The fraction of sp³-hybridized carbons (Fsp3) is 0.0667. The molecule has 0 saturated carbocycles. The molecule has 3 rings (SSSR count). The SMILES string of the molecule is NC(=O)c1ccc(Cn2c(Cl)nc3ccccc32)cc1. The summed E-state index contributed by atoms with van der Waals surface area (Å²) in [4.78, 5) is 15.4. The molecule has 0 bridgehead atoms. The largest absolute Gasteiger partial charge is 0.366 e. The van der Waals surface area contributed by atoms with E-state index in [0.29, 0.717) is 17.4 Å². The van der Waals surface area contributed by atoms with Crippen molar-refractivity contribution in [2.75, 3.05) is 0 Å². The second-order valence-corrected chi connectivity index (χ2v) is 4.85. The van der Waals surface area contributed by atoms with Gasteiger partial charge in [-0.25, -0.2) is 4.98 Å². The summed E-state index contributed by atoms with van der Waals surface area (Å²) in [5.41, 5.74) is 8.60. The van der Waals surface area contributed by atoms with Gasteiger partial charge in [0.1, 0.15) is 0 Å². The van der Waals surface area contributed by atoms with Gasteiger partial charge in [0, 0.05) is 5.56 Å². The Morgan fingerprint density at radius 3 is 2.55 bits per heavy atom. The average molecular weight is 286 g/mol. The molecule has 0 unspecified atom stereocenters. The van der Waals surface area contributed by atoms with Gasteiger partial charge < -0.3 is 10.3 Å². The maximum Gasteiger partial charge on any atom is 0.248 e. The van der Waals surface area contributed by atoms with E-state index in [4.69, 9.17) is 17.3 Å². The Kier molecular flexibility index (Phi) is 3.16. The molecule has 0 spiro atoms. The fourth-order valence-corrected chi connectivity index (χ4v) is 2.40. The smallest absolute Gasteiger partial charge is 0.248 e. The number of rotatable bonds is 3. The van der Waals surface area contributed by atoms with Gasteiger partial charge >= 0.3 is 0 Å². The second-order valence-electron chi connectivity index (χ2n) is 4.52. The number of halogens is 1. The van der Waals surface area contributed by atoms with E-state index in [0.717, 1.165) is 16.6 Å². The third kappa shape index (κ3) is 2.26. The van der Waals surface area contributed by atoms with Gasteiger partial charge in [-0.15, -0.1) is 0 Å². The van der Waals surface area contributed by atoms with Crippen molar-refractivity contribution < 1.29 is 4.79 Å². The maximum atomic E-state index is 11.0. The molecule has 1 aromatic heterocycles. The summed E-state index contributed by atoms with van der Waals surface area (Å²) in [5, 5.41) is 0.449. The molecule has 2 N–H and O–H groups in total. The molecule has 0 fully saturated rings. The van der Waals surface area contributed by atoms with E-state index in [2.05, 4.69) is 4.98 Å². The number of primary amides is 1. The highest BCUT2D eigenvalue weighted by atomic mass is 35.5. The number of para-hydroxylation sites is 2. The number of imidazole rings is 1. The van der Waals surface area contributed by atoms with Crippen LogP contribution in [0.25, 0.3) is 11.0 Å². The van der Waals surface area contributed by atoms with Crippen LogP contribution in [0, 0.1) is 0 Å². The molecule has 1 amide bonds. The van der Waals surface area contributed by atoms with Crippen molar-refractivity contribution >= 4 is 28.5 Å². The van der Waals surface area contributed by atoms with Crippen molar-refractivity contribution in [1.82, 2.24) is 9.55 Å². The highest BCUT2D eigenvalue weighted by molar-refractivity contribution is 6.29. The molecule has 0 radical (unpaired) electrons. The Hall–Kier alpha value is -2.33. The summed E-state index contributed by atoms with van der Waals surface area (Å²) in [6.07, 6.45) is 0. The molecule has 3 aromatic rings. The van der Waals surface area contributed by atoms with E-state index in [1.807, 2.05) is 41.0 Å². The molecule has 0 aliphatic rings. The average Bonchev–Trinajstić information content (AvgIpc) is 2.76. The summed E-state index contributed by atoms with van der Waals surface area (Å²) in [5.74, 6) is -0.428. The van der Waals surface area contributed by atoms with E-state index in [-0.39, 0.29) is 0 Å². The minimum absolute atomic E-state index is 0.428. The van der Waals surface area contributed by atoms with E-state index in [1.54, 1.807) is 12.1 Å². The molecular formula is C15H12ClN3O. The van der Waals surface area contributed by atoms with Crippen LogP contribution in [0.2, 0.25) is 5.28 Å². The molecular weight excluding hydrogens is 274 g/mol. The van der Waals surface area contributed by atoms with Crippen molar-refractivity contribution in [2.24, 2.45) is 5.73 Å². The van der Waals surface area contributed by atoms with E-state index >= 15 is 0 Å². The Balaban J connectivity index is 1.96. The minimum Gasteiger partial charge on any atom is -0.366 e. The molecule has 0 aliphatic carbocycles. The molecule has 1 heterocycles. The number of carbonyl (C=O) groups is 1. The molecule has 0 saturated heterocycles. The van der Waals surface area contributed by atoms with Gasteiger partial charge in [-0.1, -0.05) is 24.3 Å². The topological polar surface area (TPSA) is 60.9 Å². The zero-order valence-electron chi connectivity index (χ0n) is 10.6. The zero-order chi connectivity index (χ0) is 14.1. The Bertz CT molecular complexity index is 777. The van der Waals surface area contributed by atoms with Gasteiger partial charge in [0.05, 0.1) is 17.6 Å². The van der Waals surface area contributed by atoms with Crippen molar-refractivity contribution in [3.63, 3.8) is 0 Å². The first kappa shape index (κ1) is 12.7. The number of fused-ring (bicyclic) bond motifs is 1. The number of hydrogen-bond acceptors (Lipinski definition) is 2. The normalized spacial score (nSPS) is 10.8. The first-order chi connectivity index (χ1) is 9.65. The number of carbonyl (C=O) groups excluding carboxylic acids is 1. The predicted octanol–water partition coefficient (Wildman–Crippen LogP) is 2.84. The number of aromatic nitrogens is 2. The summed E-state index contributed by atoms with van der Waals surface area (Å²) < 4.78 is 1.93. The van der Waals surface area contributed by atoms with Crippen molar-refractivity contribution in [3.05, 3.63) is 64.9 Å². The van der Waals surface area contributed by atoms with Crippen LogP contribution in [0.15, 0.2) is 48.5 Å². The Morgan fingerprint density at radius 1 is 1.15 bits per heavy atom. The van der Waals surface area contributed by atoms with Crippen LogP contribution in [0.3, 0.4) is 0 Å². The minimum atomic E-state index is -0.428. The third-order valence-corrected chi connectivity index (χ3v) is 3.48. The van der Waals surface area contributed by atoms with Crippen molar-refractivity contribution in [3.8, 4) is 0 Å². The van der Waals surface area contributed by atoms with Crippen LogP contribution < -0.4 is 5.73 Å². The molecule has 0 aliphatic heterocycles. The molecule has 100 valence electrons. The molecule has 2 aromatic carbocycles. The fourth-order valence-electron chi connectivity index (χ4n) is 2.15. The molecule has 0 atom stereocenters. The van der Waals surface area contributed by atoms with Crippen molar-refractivity contribution in [2.45, 2.75) is 6.54 Å². The van der Waals surface area contributed by atoms with Gasteiger partial charge in [0.2, 0.25) is 11.2 Å². The molecule has 20 heavy (non-hydrogen) atoms. The van der Waals surface area contributed by atoms with Crippen molar-refractivity contribution in [1.29, 1.82) is 0 Å². The summed E-state index contributed by atoms with van der Waals surface area (Å²) in [6.45, 7) is 0.596. The first-order valence-corrected chi connectivity index (χ1v) is 6.52. The standard InChI is InChI=1S/C15H12ClN3O/c16-15-18-12-3-1-2-4-13(12)19(15)9-10-5-7-11(8-6-10)14(17)20/h1-8H,9H2,(H2,17,20). The third-order valence-electron chi connectivity index (χ3n) is 3.19. The predicted molar refractivity (Wildman–Crippen MR) is 78.8 cm³/mol. The van der Waals surface area contributed by atoms with Gasteiger partial charge in [-0.3, -0.25) is 4.79 Å². The second kappa shape index (κ2) is 4.98. The monoisotopic (exact) mass is 285 g/mol. The van der Waals surface area contributed by atoms with Crippen LogP contribution in [-0.4, -0.2) is 15.5 Å². The van der Waals surface area contributed by atoms with Crippen LogP contribution in [0.5, 0.6) is 0 Å². The number of benzene rings is 2. The quantitative estimate of drug-likeness (QED) is 0.804. The lowest BCUT2D eigenvalue weighted by Crippen LogP contribution is -2.10. The highest BCUT2D eigenvalue weighted by Crippen LogP contribution is 2.21. The van der Waals surface area contributed by atoms with Gasteiger partial charge in [-0.05, 0) is 41.4 Å². The van der Waals surface area contributed by atoms with Gasteiger partial charge in [0.25, 0.3) is 0 Å². The summed E-state index contributed by atoms with van der Waals surface area (Å²) >= 11 is 6.18. The Morgan fingerprint density at radius 2 is 1.85 bits per heavy atom. The highest BCUT2D eigenvalue weighted by Gasteiger charge is 2.09. The lowest BCUT2D eigenvalue weighted by Gasteiger charge is -2.06. The van der Waals surface area contributed by atoms with E-state index in [9.17, 15) is 4.79 Å². The summed E-state index contributed by atoms with van der Waals surface area (Å²) in [7, 11) is 0. The number of hydrogen-bond donors (Lipinski definition) is 1. The lowest BCUT2D eigenvalue weighted by molar-refractivity contribution is 0.100. The lowest BCUT2D eigenvalue weighted by atomic mass is 10.1. The summed E-state index contributed by atoms with van der Waals surface area (Å²) in [6, 6.07) is 14.9. The van der Waals surface area contributed by atoms with Crippen LogP contribution in [-0.2, 0) is 6.54 Å². The van der Waals surface area contributed by atoms with Gasteiger partial charge in [0.15, 0.2) is 0 Å². The number of amides is 1. The van der Waals surface area contributed by atoms with E-state index in [1.165, 1.54) is 0 Å². The zero-order valence-corrected chi connectivity index (χ0v) is 11.3. The first-order valence-electron chi connectivity index (χ1n) is 6.14. The Labute approximate surface area is 120 Å². The van der Waals surface area contributed by atoms with E-state index < -0.39 is 5.91 Å². The number of nitrogens with two attached hydrogens (primary N) is 1. The van der Waals surface area contributed by atoms with Crippen LogP contribution in [0.1, 0.15) is 15.9 Å². The molecule has 4 nitrogen and oxygen atoms in total. The number of nitrogens with zero attached hydrogens (tertiary/aromatic N) is 2. The maximum absolute atomic E-state index is 11.0.